The van der Waals surface area contributed by atoms with Crippen molar-refractivity contribution in [2.45, 2.75) is 0 Å². The Morgan fingerprint density at radius 3 is 2.81 bits per heavy atom. The van der Waals surface area contributed by atoms with E-state index in [4.69, 9.17) is 16.3 Å². The van der Waals surface area contributed by atoms with Crippen LogP contribution in [0.5, 0.6) is 5.88 Å². The Hall–Kier alpha value is -2.40. The molecule has 0 atom stereocenters. The fraction of sp³-hybridized carbons (Fsp3) is 0.0667. The molecule has 0 unspecified atom stereocenters. The monoisotopic (exact) mass is 303 g/mol. The lowest BCUT2D eigenvalue weighted by Crippen LogP contribution is -1.96. The third kappa shape index (κ3) is 2.73. The molecule has 4 nitrogen and oxygen atoms in total. The number of hydrogen-bond donors (Lipinski definition) is 1. The van der Waals surface area contributed by atoms with Gasteiger partial charge in [-0.3, -0.25) is 4.98 Å². The molecule has 0 spiro atoms. The molecular formula is C15H11ClFN3O. The minimum atomic E-state index is -0.457. The Morgan fingerprint density at radius 2 is 2.05 bits per heavy atom. The van der Waals surface area contributed by atoms with Gasteiger partial charge in [-0.2, -0.15) is 0 Å². The van der Waals surface area contributed by atoms with E-state index in [2.05, 4.69) is 15.3 Å². The number of benzene rings is 1. The molecule has 0 saturated carbocycles. The van der Waals surface area contributed by atoms with Crippen molar-refractivity contribution in [3.63, 3.8) is 0 Å². The number of methoxy groups -OCH3 is 1. The zero-order valence-electron chi connectivity index (χ0n) is 11.1. The number of rotatable bonds is 3. The van der Waals surface area contributed by atoms with Gasteiger partial charge >= 0.3 is 0 Å². The van der Waals surface area contributed by atoms with Gasteiger partial charge < -0.3 is 10.1 Å². The second-order valence-corrected chi connectivity index (χ2v) is 4.74. The summed E-state index contributed by atoms with van der Waals surface area (Å²) in [6.45, 7) is 0. The van der Waals surface area contributed by atoms with E-state index in [1.807, 2.05) is 6.07 Å². The maximum absolute atomic E-state index is 13.2. The molecule has 6 heteroatoms. The van der Waals surface area contributed by atoms with Gasteiger partial charge in [0.25, 0.3) is 0 Å². The topological polar surface area (TPSA) is 47.0 Å². The highest BCUT2D eigenvalue weighted by Crippen LogP contribution is 2.27. The number of nitrogens with one attached hydrogen (secondary N) is 1. The molecule has 3 aromatic rings. The average Bonchev–Trinajstić information content (AvgIpc) is 2.51. The first-order chi connectivity index (χ1) is 10.2. The van der Waals surface area contributed by atoms with E-state index in [-0.39, 0.29) is 5.02 Å². The smallest absolute Gasteiger partial charge is 0.213 e. The van der Waals surface area contributed by atoms with Gasteiger partial charge in [0.15, 0.2) is 0 Å². The lowest BCUT2D eigenvalue weighted by Gasteiger charge is -2.10. The largest absolute Gasteiger partial charge is 0.481 e. The van der Waals surface area contributed by atoms with Gasteiger partial charge in [0.1, 0.15) is 11.3 Å². The summed E-state index contributed by atoms with van der Waals surface area (Å²) in [4.78, 5) is 8.62. The van der Waals surface area contributed by atoms with Gasteiger partial charge in [0, 0.05) is 18.0 Å². The van der Waals surface area contributed by atoms with E-state index in [0.29, 0.717) is 17.1 Å². The first-order valence-corrected chi connectivity index (χ1v) is 6.57. The van der Waals surface area contributed by atoms with Gasteiger partial charge in [-0.1, -0.05) is 11.6 Å². The van der Waals surface area contributed by atoms with Crippen LogP contribution < -0.4 is 10.1 Å². The molecule has 2 heterocycles. The Balaban J connectivity index is 2.05. The normalized spacial score (nSPS) is 10.6. The van der Waals surface area contributed by atoms with Crippen LogP contribution in [0.25, 0.3) is 11.0 Å². The molecule has 0 radical (unpaired) electrons. The first kappa shape index (κ1) is 13.6. The molecule has 0 saturated heterocycles. The SMILES string of the molecule is COc1ccc2nccc(Nc3ccc(F)c(Cl)c3)c2n1. The lowest BCUT2D eigenvalue weighted by molar-refractivity contribution is 0.399. The summed E-state index contributed by atoms with van der Waals surface area (Å²) in [5, 5.41) is 3.22. The Kier molecular flexibility index (Phi) is 3.58. The third-order valence-corrected chi connectivity index (χ3v) is 3.26. The number of pyridine rings is 2. The fourth-order valence-electron chi connectivity index (χ4n) is 1.95. The van der Waals surface area contributed by atoms with Gasteiger partial charge in [-0.25, -0.2) is 9.37 Å². The lowest BCUT2D eigenvalue weighted by atomic mass is 10.2. The van der Waals surface area contributed by atoms with Crippen LogP contribution in [0.2, 0.25) is 5.02 Å². The van der Waals surface area contributed by atoms with Crippen molar-refractivity contribution in [1.82, 2.24) is 9.97 Å². The zero-order chi connectivity index (χ0) is 14.8. The average molecular weight is 304 g/mol. The molecule has 0 bridgehead atoms. The van der Waals surface area contributed by atoms with Gasteiger partial charge in [-0.15, -0.1) is 0 Å². The molecule has 2 aromatic heterocycles. The number of ether oxygens (including phenoxy) is 1. The summed E-state index contributed by atoms with van der Waals surface area (Å²) in [5.74, 6) is 0.0392. The van der Waals surface area contributed by atoms with Crippen LogP contribution in [0, 0.1) is 5.82 Å². The Bertz CT molecular complexity index is 810. The van der Waals surface area contributed by atoms with Gasteiger partial charge in [0.2, 0.25) is 5.88 Å². The quantitative estimate of drug-likeness (QED) is 0.788. The minimum absolute atomic E-state index is 0.0592. The van der Waals surface area contributed by atoms with Crippen LogP contribution in [0.3, 0.4) is 0 Å². The standard InChI is InChI=1S/C15H11ClFN3O/c1-21-14-5-4-12-15(20-14)13(6-7-18-12)19-9-2-3-11(17)10(16)8-9/h2-8H,1H3,(H,18,19). The molecule has 106 valence electrons. The summed E-state index contributed by atoms with van der Waals surface area (Å²) in [6.07, 6.45) is 1.67. The number of nitrogens with zero attached hydrogens (tertiary/aromatic N) is 2. The van der Waals surface area contributed by atoms with E-state index in [1.54, 1.807) is 31.5 Å². The molecule has 21 heavy (non-hydrogen) atoms. The predicted molar refractivity (Wildman–Crippen MR) is 80.8 cm³/mol. The summed E-state index contributed by atoms with van der Waals surface area (Å²) in [7, 11) is 1.55. The zero-order valence-corrected chi connectivity index (χ0v) is 11.9. The second-order valence-electron chi connectivity index (χ2n) is 4.33. The van der Waals surface area contributed by atoms with Crippen LogP contribution >= 0.6 is 11.6 Å². The number of halogens is 2. The number of fused-ring (bicyclic) bond motifs is 1. The number of aromatic nitrogens is 2. The van der Waals surface area contributed by atoms with Gasteiger partial charge in [-0.05, 0) is 30.3 Å². The molecule has 3 rings (SSSR count). The van der Waals surface area contributed by atoms with Crippen molar-refractivity contribution in [1.29, 1.82) is 0 Å². The third-order valence-electron chi connectivity index (χ3n) is 2.97. The Morgan fingerprint density at radius 1 is 1.19 bits per heavy atom. The number of hydrogen-bond acceptors (Lipinski definition) is 4. The van der Waals surface area contributed by atoms with Gasteiger partial charge in [0.05, 0.1) is 23.3 Å². The van der Waals surface area contributed by atoms with Crippen molar-refractivity contribution in [2.75, 3.05) is 12.4 Å². The van der Waals surface area contributed by atoms with E-state index < -0.39 is 5.82 Å². The van der Waals surface area contributed by atoms with Crippen molar-refractivity contribution >= 4 is 34.0 Å². The van der Waals surface area contributed by atoms with E-state index in [1.165, 1.54) is 12.1 Å². The van der Waals surface area contributed by atoms with Crippen molar-refractivity contribution in [3.8, 4) is 5.88 Å². The molecule has 0 fully saturated rings. The molecular weight excluding hydrogens is 293 g/mol. The van der Waals surface area contributed by atoms with Crippen LogP contribution in [-0.2, 0) is 0 Å². The first-order valence-electron chi connectivity index (χ1n) is 6.19. The summed E-state index contributed by atoms with van der Waals surface area (Å²) < 4.78 is 18.3. The van der Waals surface area contributed by atoms with E-state index >= 15 is 0 Å². The summed E-state index contributed by atoms with van der Waals surface area (Å²) in [5.41, 5.74) is 2.80. The molecule has 0 amide bonds. The molecule has 0 aliphatic rings. The summed E-state index contributed by atoms with van der Waals surface area (Å²) in [6, 6.07) is 9.78. The molecule has 1 aromatic carbocycles. The highest BCUT2D eigenvalue weighted by Gasteiger charge is 2.07. The van der Waals surface area contributed by atoms with Crippen LogP contribution in [0.1, 0.15) is 0 Å². The highest BCUT2D eigenvalue weighted by molar-refractivity contribution is 6.31. The van der Waals surface area contributed by atoms with E-state index in [9.17, 15) is 4.39 Å². The van der Waals surface area contributed by atoms with Crippen LogP contribution in [-0.4, -0.2) is 17.1 Å². The molecule has 0 aliphatic carbocycles. The van der Waals surface area contributed by atoms with Crippen LogP contribution in [0.4, 0.5) is 15.8 Å². The fourth-order valence-corrected chi connectivity index (χ4v) is 2.13. The second kappa shape index (κ2) is 5.54. The maximum Gasteiger partial charge on any atom is 0.213 e. The molecule has 0 aliphatic heterocycles. The Labute approximate surface area is 125 Å². The maximum atomic E-state index is 13.2. The highest BCUT2D eigenvalue weighted by atomic mass is 35.5. The van der Waals surface area contributed by atoms with Crippen molar-refractivity contribution in [3.05, 3.63) is 53.4 Å². The molecule has 1 N–H and O–H groups in total. The predicted octanol–water partition coefficient (Wildman–Crippen LogP) is 4.17. The van der Waals surface area contributed by atoms with Crippen molar-refractivity contribution < 1.29 is 9.13 Å². The minimum Gasteiger partial charge on any atom is -0.481 e. The van der Waals surface area contributed by atoms with E-state index in [0.717, 1.165) is 11.2 Å². The van der Waals surface area contributed by atoms with Crippen LogP contribution in [0.15, 0.2) is 42.6 Å². The van der Waals surface area contributed by atoms with Crippen molar-refractivity contribution in [2.24, 2.45) is 0 Å². The number of anilines is 2. The summed E-state index contributed by atoms with van der Waals surface area (Å²) >= 11 is 5.78.